The van der Waals surface area contributed by atoms with E-state index in [1.54, 1.807) is 7.11 Å². The van der Waals surface area contributed by atoms with Crippen LogP contribution in [0.5, 0.6) is 0 Å². The van der Waals surface area contributed by atoms with Crippen molar-refractivity contribution < 1.29 is 9.53 Å². The van der Waals surface area contributed by atoms with Crippen LogP contribution >= 0.6 is 0 Å². The van der Waals surface area contributed by atoms with E-state index in [9.17, 15) is 4.79 Å². The number of nitrogens with one attached hydrogen (secondary N) is 1. The lowest BCUT2D eigenvalue weighted by atomic mass is 10.0. The highest BCUT2D eigenvalue weighted by Gasteiger charge is 2.22. The maximum absolute atomic E-state index is 12.5. The summed E-state index contributed by atoms with van der Waals surface area (Å²) in [6.45, 7) is 1.93. The summed E-state index contributed by atoms with van der Waals surface area (Å²) in [7, 11) is 1.77. The van der Waals surface area contributed by atoms with Gasteiger partial charge >= 0.3 is 0 Å². The molecule has 1 heterocycles. The molecule has 4 heteroatoms. The number of rotatable bonds is 5. The minimum absolute atomic E-state index is 0.000257. The van der Waals surface area contributed by atoms with Crippen LogP contribution in [-0.4, -0.2) is 32.2 Å². The molecule has 1 N–H and O–H groups in total. The molecule has 138 valence electrons. The summed E-state index contributed by atoms with van der Waals surface area (Å²) in [5.41, 5.74) is 3.04. The molecule has 0 radical (unpaired) electrons. The predicted molar refractivity (Wildman–Crippen MR) is 110 cm³/mol. The second-order valence-electron chi connectivity index (χ2n) is 7.00. The Hall–Kier alpha value is -2.85. The van der Waals surface area contributed by atoms with Gasteiger partial charge in [0.25, 0.3) is 0 Å². The Morgan fingerprint density at radius 3 is 2.63 bits per heavy atom. The molecule has 1 unspecified atom stereocenters. The Labute approximate surface area is 159 Å². The lowest BCUT2D eigenvalue weighted by Gasteiger charge is -2.18. The van der Waals surface area contributed by atoms with Gasteiger partial charge in [-0.1, -0.05) is 42.5 Å². The number of methoxy groups -OCH3 is 1. The summed E-state index contributed by atoms with van der Waals surface area (Å²) in [6, 6.07) is 22.3. The molecule has 1 amide bonds. The van der Waals surface area contributed by atoms with E-state index in [0.29, 0.717) is 12.5 Å². The molecule has 4 rings (SSSR count). The van der Waals surface area contributed by atoms with Crippen molar-refractivity contribution in [1.82, 2.24) is 0 Å². The second-order valence-corrected chi connectivity index (χ2v) is 7.00. The van der Waals surface area contributed by atoms with Crippen LogP contribution in [0.25, 0.3) is 10.8 Å². The maximum Gasteiger partial charge on any atom is 0.228 e. The lowest BCUT2D eigenvalue weighted by Crippen LogP contribution is -2.22. The summed E-state index contributed by atoms with van der Waals surface area (Å²) in [4.78, 5) is 14.8. The average Bonchev–Trinajstić information content (AvgIpc) is 3.18. The second kappa shape index (κ2) is 7.80. The van der Waals surface area contributed by atoms with Crippen molar-refractivity contribution >= 4 is 28.1 Å². The highest BCUT2D eigenvalue weighted by atomic mass is 16.5. The quantitative estimate of drug-likeness (QED) is 0.740. The topological polar surface area (TPSA) is 41.6 Å². The number of fused-ring (bicyclic) bond motifs is 1. The Bertz CT molecular complexity index is 931. The van der Waals surface area contributed by atoms with E-state index in [0.717, 1.165) is 41.5 Å². The number of benzene rings is 3. The minimum Gasteiger partial charge on any atom is -0.380 e. The van der Waals surface area contributed by atoms with Crippen molar-refractivity contribution in [2.24, 2.45) is 0 Å². The third kappa shape index (κ3) is 3.96. The largest absolute Gasteiger partial charge is 0.380 e. The Morgan fingerprint density at radius 2 is 1.85 bits per heavy atom. The van der Waals surface area contributed by atoms with Crippen LogP contribution in [0.2, 0.25) is 0 Å². The monoisotopic (exact) mass is 360 g/mol. The molecule has 27 heavy (non-hydrogen) atoms. The van der Waals surface area contributed by atoms with E-state index >= 15 is 0 Å². The average molecular weight is 360 g/mol. The first-order valence-electron chi connectivity index (χ1n) is 9.37. The van der Waals surface area contributed by atoms with Gasteiger partial charge in [0.2, 0.25) is 5.91 Å². The molecule has 1 aliphatic heterocycles. The van der Waals surface area contributed by atoms with Crippen LogP contribution in [0.4, 0.5) is 11.4 Å². The zero-order chi connectivity index (χ0) is 18.6. The third-order valence-electron chi connectivity index (χ3n) is 5.23. The van der Waals surface area contributed by atoms with Gasteiger partial charge in [-0.25, -0.2) is 0 Å². The van der Waals surface area contributed by atoms with Crippen molar-refractivity contribution in [3.05, 3.63) is 72.3 Å². The van der Waals surface area contributed by atoms with Crippen molar-refractivity contribution in [3.63, 3.8) is 0 Å². The summed E-state index contributed by atoms with van der Waals surface area (Å²) in [5, 5.41) is 5.30. The molecule has 0 aliphatic carbocycles. The molecular formula is C23H24N2O2. The molecule has 1 aliphatic rings. The minimum atomic E-state index is -0.000257. The Kier molecular flexibility index (Phi) is 5.07. The Balaban J connectivity index is 1.41. The molecule has 0 aromatic heterocycles. The number of ether oxygens (including phenoxy) is 1. The molecule has 1 atom stereocenters. The number of nitrogens with zero attached hydrogens (tertiary/aromatic N) is 1. The highest BCUT2D eigenvalue weighted by Crippen LogP contribution is 2.24. The number of hydrogen-bond donors (Lipinski definition) is 1. The summed E-state index contributed by atoms with van der Waals surface area (Å²) < 4.78 is 5.43. The highest BCUT2D eigenvalue weighted by molar-refractivity contribution is 5.96. The normalized spacial score (nSPS) is 16.6. The van der Waals surface area contributed by atoms with Gasteiger partial charge in [-0.15, -0.1) is 0 Å². The standard InChI is InChI=1S/C23H24N2O2/c1-27-21-13-14-25(16-21)20-11-9-19(10-12-20)24-23(26)15-18-7-4-6-17-5-2-3-8-22(17)18/h2-12,21H,13-16H2,1H3,(H,24,26). The van der Waals surface area contributed by atoms with Gasteiger partial charge in [0.1, 0.15) is 0 Å². The molecule has 0 spiro atoms. The molecule has 1 saturated heterocycles. The maximum atomic E-state index is 12.5. The lowest BCUT2D eigenvalue weighted by molar-refractivity contribution is -0.115. The number of carbonyl (C=O) groups excluding carboxylic acids is 1. The number of amides is 1. The summed E-state index contributed by atoms with van der Waals surface area (Å²) in [6.07, 6.45) is 1.73. The van der Waals surface area contributed by atoms with Gasteiger partial charge in [-0.2, -0.15) is 0 Å². The summed E-state index contributed by atoms with van der Waals surface area (Å²) >= 11 is 0. The van der Waals surface area contributed by atoms with Gasteiger partial charge in [0, 0.05) is 31.6 Å². The first-order chi connectivity index (χ1) is 13.2. The summed E-state index contributed by atoms with van der Waals surface area (Å²) in [5.74, 6) is -0.000257. The van der Waals surface area contributed by atoms with Crippen molar-refractivity contribution in [2.45, 2.75) is 18.9 Å². The van der Waals surface area contributed by atoms with Crippen molar-refractivity contribution in [2.75, 3.05) is 30.4 Å². The zero-order valence-electron chi connectivity index (χ0n) is 15.5. The van der Waals surface area contributed by atoms with Crippen molar-refractivity contribution in [3.8, 4) is 0 Å². The molecule has 0 saturated carbocycles. The van der Waals surface area contributed by atoms with Gasteiger partial charge in [0.15, 0.2) is 0 Å². The van der Waals surface area contributed by atoms with Crippen LogP contribution in [0.15, 0.2) is 66.7 Å². The van der Waals surface area contributed by atoms with Crippen LogP contribution in [0.3, 0.4) is 0 Å². The number of anilines is 2. The molecule has 3 aromatic carbocycles. The van der Waals surface area contributed by atoms with E-state index in [-0.39, 0.29) is 5.91 Å². The molecule has 0 bridgehead atoms. The van der Waals surface area contributed by atoms with E-state index in [1.807, 2.05) is 36.4 Å². The number of carbonyl (C=O) groups is 1. The first-order valence-corrected chi connectivity index (χ1v) is 9.37. The van der Waals surface area contributed by atoms with Gasteiger partial charge in [0.05, 0.1) is 12.5 Å². The van der Waals surface area contributed by atoms with Crippen LogP contribution in [0.1, 0.15) is 12.0 Å². The molecule has 3 aromatic rings. The zero-order valence-corrected chi connectivity index (χ0v) is 15.5. The Morgan fingerprint density at radius 1 is 1.07 bits per heavy atom. The van der Waals surface area contributed by atoms with E-state index in [4.69, 9.17) is 4.74 Å². The van der Waals surface area contributed by atoms with E-state index < -0.39 is 0 Å². The SMILES string of the molecule is COC1CCN(c2ccc(NC(=O)Cc3cccc4ccccc34)cc2)C1. The fourth-order valence-electron chi connectivity index (χ4n) is 3.74. The molecule has 4 nitrogen and oxygen atoms in total. The third-order valence-corrected chi connectivity index (χ3v) is 5.23. The molecular weight excluding hydrogens is 336 g/mol. The van der Waals surface area contributed by atoms with Crippen LogP contribution in [-0.2, 0) is 16.0 Å². The van der Waals surface area contributed by atoms with Gasteiger partial charge in [-0.3, -0.25) is 4.79 Å². The van der Waals surface area contributed by atoms with Crippen LogP contribution in [0, 0.1) is 0 Å². The van der Waals surface area contributed by atoms with Crippen LogP contribution < -0.4 is 10.2 Å². The first kappa shape index (κ1) is 17.6. The van der Waals surface area contributed by atoms with E-state index in [1.165, 1.54) is 5.69 Å². The van der Waals surface area contributed by atoms with E-state index in [2.05, 4.69) is 40.5 Å². The van der Waals surface area contributed by atoms with Gasteiger partial charge in [-0.05, 0) is 47.0 Å². The number of hydrogen-bond acceptors (Lipinski definition) is 3. The molecule has 1 fully saturated rings. The predicted octanol–water partition coefficient (Wildman–Crippen LogP) is 4.25. The smallest absolute Gasteiger partial charge is 0.228 e. The fourth-order valence-corrected chi connectivity index (χ4v) is 3.74. The fraction of sp³-hybridized carbons (Fsp3) is 0.261. The van der Waals surface area contributed by atoms with Crippen molar-refractivity contribution in [1.29, 1.82) is 0 Å². The van der Waals surface area contributed by atoms with Gasteiger partial charge < -0.3 is 15.0 Å².